The maximum Gasteiger partial charge on any atom is 0.254 e. The summed E-state index contributed by atoms with van der Waals surface area (Å²) < 4.78 is 29.3. The van der Waals surface area contributed by atoms with E-state index in [4.69, 9.17) is 0 Å². The van der Waals surface area contributed by atoms with Crippen LogP contribution in [0.1, 0.15) is 37.3 Å². The number of halogens is 2. The molecule has 0 spiro atoms. The van der Waals surface area contributed by atoms with E-state index in [-0.39, 0.29) is 23.5 Å². The van der Waals surface area contributed by atoms with Crippen LogP contribution in [0.5, 0.6) is 0 Å². The highest BCUT2D eigenvalue weighted by atomic mass is 19.1. The van der Waals surface area contributed by atoms with Crippen LogP contribution in [-0.2, 0) is 7.05 Å². The SMILES string of the molecule is CC(C)C#CC#CCC(c1cc(F)ccc1F)c1cccn(C)c1=O. The van der Waals surface area contributed by atoms with E-state index in [1.54, 1.807) is 25.4 Å². The van der Waals surface area contributed by atoms with Crippen LogP contribution in [-0.4, -0.2) is 4.57 Å². The average molecular weight is 339 g/mol. The molecule has 2 rings (SSSR count). The van der Waals surface area contributed by atoms with Crippen LogP contribution < -0.4 is 5.56 Å². The monoisotopic (exact) mass is 339 g/mol. The number of hydrogen-bond acceptors (Lipinski definition) is 1. The maximum absolute atomic E-state index is 14.3. The summed E-state index contributed by atoms with van der Waals surface area (Å²) in [5.41, 5.74) is 0.237. The third kappa shape index (κ3) is 4.81. The molecule has 1 unspecified atom stereocenters. The molecule has 0 saturated carbocycles. The summed E-state index contributed by atoms with van der Waals surface area (Å²) in [5, 5.41) is 0. The van der Waals surface area contributed by atoms with E-state index >= 15 is 0 Å². The second-order valence-corrected chi connectivity index (χ2v) is 6.03. The summed E-state index contributed by atoms with van der Waals surface area (Å²) in [4.78, 5) is 12.4. The van der Waals surface area contributed by atoms with Crippen LogP contribution in [0.15, 0.2) is 41.3 Å². The van der Waals surface area contributed by atoms with Gasteiger partial charge in [-0.2, -0.15) is 0 Å². The maximum atomic E-state index is 14.3. The fourth-order valence-electron chi connectivity index (χ4n) is 2.43. The molecule has 0 bridgehead atoms. The number of hydrogen-bond donors (Lipinski definition) is 0. The minimum Gasteiger partial charge on any atom is -0.318 e. The lowest BCUT2D eigenvalue weighted by molar-refractivity contribution is 0.574. The number of nitrogens with zero attached hydrogens (tertiary/aromatic N) is 1. The Labute approximate surface area is 146 Å². The number of aryl methyl sites for hydroxylation is 1. The smallest absolute Gasteiger partial charge is 0.254 e. The first-order valence-electron chi connectivity index (χ1n) is 7.99. The minimum atomic E-state index is -0.663. The number of pyridine rings is 1. The molecule has 0 aliphatic heterocycles. The Morgan fingerprint density at radius 2 is 1.88 bits per heavy atom. The van der Waals surface area contributed by atoms with Crippen LogP contribution in [0.3, 0.4) is 0 Å². The summed E-state index contributed by atoms with van der Waals surface area (Å²) in [6.07, 6.45) is 1.79. The number of rotatable bonds is 3. The topological polar surface area (TPSA) is 22.0 Å². The van der Waals surface area contributed by atoms with E-state index in [1.807, 2.05) is 13.8 Å². The highest BCUT2D eigenvalue weighted by molar-refractivity contribution is 5.36. The lowest BCUT2D eigenvalue weighted by Crippen LogP contribution is -2.23. The Balaban J connectivity index is 2.49. The third-order valence-electron chi connectivity index (χ3n) is 3.68. The van der Waals surface area contributed by atoms with Crippen molar-refractivity contribution < 1.29 is 8.78 Å². The Bertz CT molecular complexity index is 936. The van der Waals surface area contributed by atoms with Gasteiger partial charge < -0.3 is 4.57 Å². The van der Waals surface area contributed by atoms with Gasteiger partial charge in [-0.1, -0.05) is 31.8 Å². The van der Waals surface area contributed by atoms with Crippen molar-refractivity contribution in [3.8, 4) is 23.7 Å². The zero-order valence-electron chi connectivity index (χ0n) is 14.4. The van der Waals surface area contributed by atoms with Crippen molar-refractivity contribution in [3.63, 3.8) is 0 Å². The summed E-state index contributed by atoms with van der Waals surface area (Å²) in [7, 11) is 1.62. The Morgan fingerprint density at radius 3 is 2.60 bits per heavy atom. The first-order valence-corrected chi connectivity index (χ1v) is 7.99. The van der Waals surface area contributed by atoms with Gasteiger partial charge in [0.2, 0.25) is 0 Å². The van der Waals surface area contributed by atoms with Crippen molar-refractivity contribution in [3.05, 3.63) is 69.6 Å². The molecule has 0 aliphatic carbocycles. The molecule has 0 fully saturated rings. The average Bonchev–Trinajstić information content (AvgIpc) is 2.56. The zero-order valence-corrected chi connectivity index (χ0v) is 14.4. The molecule has 25 heavy (non-hydrogen) atoms. The van der Waals surface area contributed by atoms with Gasteiger partial charge in [0.05, 0.1) is 0 Å². The van der Waals surface area contributed by atoms with Crippen LogP contribution in [0.4, 0.5) is 8.78 Å². The Morgan fingerprint density at radius 1 is 1.12 bits per heavy atom. The van der Waals surface area contributed by atoms with E-state index in [0.29, 0.717) is 5.56 Å². The van der Waals surface area contributed by atoms with Crippen molar-refractivity contribution in [2.24, 2.45) is 13.0 Å². The van der Waals surface area contributed by atoms with Gasteiger partial charge in [-0.05, 0) is 41.7 Å². The van der Waals surface area contributed by atoms with Gasteiger partial charge in [0.25, 0.3) is 5.56 Å². The molecule has 1 atom stereocenters. The Hall–Kier alpha value is -2.85. The molecule has 1 aromatic heterocycles. The molecule has 0 radical (unpaired) electrons. The minimum absolute atomic E-state index is 0.120. The molecule has 0 N–H and O–H groups in total. The number of benzene rings is 1. The van der Waals surface area contributed by atoms with E-state index in [2.05, 4.69) is 23.7 Å². The molecule has 1 aromatic carbocycles. The lowest BCUT2D eigenvalue weighted by Gasteiger charge is -2.16. The van der Waals surface area contributed by atoms with Crippen molar-refractivity contribution in [1.82, 2.24) is 4.57 Å². The van der Waals surface area contributed by atoms with E-state index in [1.165, 1.54) is 4.57 Å². The van der Waals surface area contributed by atoms with Gasteiger partial charge in [0.1, 0.15) is 11.6 Å². The highest BCUT2D eigenvalue weighted by Gasteiger charge is 2.21. The summed E-state index contributed by atoms with van der Waals surface area (Å²) in [5.74, 6) is 9.66. The van der Waals surface area contributed by atoms with Gasteiger partial charge in [0.15, 0.2) is 0 Å². The Kier molecular flexibility index (Phi) is 6.14. The summed E-state index contributed by atoms with van der Waals surface area (Å²) >= 11 is 0. The lowest BCUT2D eigenvalue weighted by atomic mass is 9.89. The normalized spacial score (nSPS) is 11.3. The van der Waals surface area contributed by atoms with Crippen molar-refractivity contribution in [1.29, 1.82) is 0 Å². The predicted octanol–water partition coefficient (Wildman–Crippen LogP) is 3.85. The molecule has 2 nitrogen and oxygen atoms in total. The standard InChI is InChI=1S/C21H19F2NO/c1-15(2)8-5-4-6-9-17(18-10-7-13-24(3)21(18)25)19-14-16(22)11-12-20(19)23/h7,10-15,17H,9H2,1-3H3. The molecular weight excluding hydrogens is 320 g/mol. The second kappa shape index (κ2) is 8.31. The van der Waals surface area contributed by atoms with Crippen LogP contribution in [0.25, 0.3) is 0 Å². The van der Waals surface area contributed by atoms with Gasteiger partial charge >= 0.3 is 0 Å². The summed E-state index contributed by atoms with van der Waals surface area (Å²) in [6.45, 7) is 3.90. The fraction of sp³-hybridized carbons (Fsp3) is 0.286. The van der Waals surface area contributed by atoms with Gasteiger partial charge in [-0.25, -0.2) is 8.78 Å². The molecule has 0 saturated heterocycles. The largest absolute Gasteiger partial charge is 0.318 e. The fourth-order valence-corrected chi connectivity index (χ4v) is 2.43. The van der Waals surface area contributed by atoms with Crippen LogP contribution >= 0.6 is 0 Å². The quantitative estimate of drug-likeness (QED) is 0.779. The summed E-state index contributed by atoms with van der Waals surface area (Å²) in [6, 6.07) is 6.57. The van der Waals surface area contributed by atoms with Gasteiger partial charge in [-0.3, -0.25) is 4.79 Å². The van der Waals surface area contributed by atoms with Crippen LogP contribution in [0.2, 0.25) is 0 Å². The van der Waals surface area contributed by atoms with Crippen LogP contribution in [0, 0.1) is 41.2 Å². The van der Waals surface area contributed by atoms with E-state index < -0.39 is 17.6 Å². The second-order valence-electron chi connectivity index (χ2n) is 6.03. The predicted molar refractivity (Wildman–Crippen MR) is 94.9 cm³/mol. The molecule has 2 aromatic rings. The third-order valence-corrected chi connectivity index (χ3v) is 3.68. The van der Waals surface area contributed by atoms with Crippen molar-refractivity contribution in [2.75, 3.05) is 0 Å². The number of aromatic nitrogens is 1. The molecular formula is C21H19F2NO. The highest BCUT2D eigenvalue weighted by Crippen LogP contribution is 2.28. The molecule has 1 heterocycles. The first-order chi connectivity index (χ1) is 11.9. The van der Waals surface area contributed by atoms with E-state index in [0.717, 1.165) is 18.2 Å². The van der Waals surface area contributed by atoms with Crippen molar-refractivity contribution >= 4 is 0 Å². The van der Waals surface area contributed by atoms with Gasteiger partial charge in [-0.15, -0.1) is 0 Å². The van der Waals surface area contributed by atoms with Crippen molar-refractivity contribution in [2.45, 2.75) is 26.2 Å². The molecule has 0 amide bonds. The molecule has 0 aliphatic rings. The van der Waals surface area contributed by atoms with E-state index in [9.17, 15) is 13.6 Å². The van der Waals surface area contributed by atoms with Gasteiger partial charge in [0, 0.05) is 37.1 Å². The molecule has 128 valence electrons. The zero-order chi connectivity index (χ0) is 18.4. The first kappa shape index (κ1) is 18.5. The molecule has 4 heteroatoms.